The number of carbonyl (C=O) groups is 1. The summed E-state index contributed by atoms with van der Waals surface area (Å²) >= 11 is 5.89. The quantitative estimate of drug-likeness (QED) is 0.859. The lowest BCUT2D eigenvalue weighted by Gasteiger charge is -2.38. The van der Waals surface area contributed by atoms with Crippen molar-refractivity contribution < 1.29 is 18.0 Å². The predicted octanol–water partition coefficient (Wildman–Crippen LogP) is 3.10. The lowest BCUT2D eigenvalue weighted by molar-refractivity contribution is -0.137. The molecule has 1 aliphatic rings. The molecule has 2 aromatic rings. The van der Waals surface area contributed by atoms with Gasteiger partial charge in [0.25, 0.3) is 0 Å². The Labute approximate surface area is 159 Å². The molecule has 2 N–H and O–H groups in total. The summed E-state index contributed by atoms with van der Waals surface area (Å²) in [6, 6.07) is 8.75. The number of nitrogens with zero attached hydrogens (tertiary/aromatic N) is 3. The first-order valence-electron chi connectivity index (χ1n) is 8.33. The van der Waals surface area contributed by atoms with Crippen LogP contribution in [-0.2, 0) is 11.0 Å². The van der Waals surface area contributed by atoms with Crippen molar-refractivity contribution in [3.05, 3.63) is 58.7 Å². The molecule has 1 aliphatic heterocycles. The Kier molecular flexibility index (Phi) is 5.57. The van der Waals surface area contributed by atoms with E-state index >= 15 is 0 Å². The molecule has 0 spiro atoms. The Morgan fingerprint density at radius 3 is 2.19 bits per heavy atom. The van der Waals surface area contributed by atoms with Crippen LogP contribution in [0.1, 0.15) is 17.2 Å². The predicted molar refractivity (Wildman–Crippen MR) is 96.4 cm³/mol. The zero-order chi connectivity index (χ0) is 19.6. The number of nitrogens with two attached hydrogens (primary N) is 1. The summed E-state index contributed by atoms with van der Waals surface area (Å²) in [6.45, 7) is 2.10. The first kappa shape index (κ1) is 19.4. The number of amides is 1. The van der Waals surface area contributed by atoms with E-state index in [4.69, 9.17) is 17.3 Å². The second-order valence-corrected chi connectivity index (χ2v) is 6.72. The lowest BCUT2D eigenvalue weighted by Crippen LogP contribution is -2.50. The van der Waals surface area contributed by atoms with E-state index in [1.807, 2.05) is 9.80 Å². The number of hydrogen-bond donors (Lipinski definition) is 1. The summed E-state index contributed by atoms with van der Waals surface area (Å²) in [6.07, 6.45) is -3.57. The normalized spacial score (nSPS) is 17.0. The fraction of sp³-hybridized carbons (Fsp3) is 0.333. The van der Waals surface area contributed by atoms with E-state index in [0.717, 1.165) is 17.8 Å². The van der Waals surface area contributed by atoms with Crippen molar-refractivity contribution in [3.63, 3.8) is 0 Å². The molecule has 3 rings (SSSR count). The van der Waals surface area contributed by atoms with Crippen LogP contribution in [0.4, 0.5) is 19.0 Å². The van der Waals surface area contributed by atoms with Crippen LogP contribution in [0.3, 0.4) is 0 Å². The monoisotopic (exact) mass is 398 g/mol. The van der Waals surface area contributed by atoms with Crippen LogP contribution in [-0.4, -0.2) is 42.0 Å². The molecule has 1 fully saturated rings. The zero-order valence-electron chi connectivity index (χ0n) is 14.3. The minimum absolute atomic E-state index is 0.460. The number of rotatable bonds is 4. The summed E-state index contributed by atoms with van der Waals surface area (Å²) in [5, 5.41) is 0.570. The molecular formula is C18H18ClF3N4O. The Hall–Kier alpha value is -2.32. The van der Waals surface area contributed by atoms with Crippen molar-refractivity contribution in [1.82, 2.24) is 9.88 Å². The van der Waals surface area contributed by atoms with Gasteiger partial charge in [0.05, 0.1) is 5.56 Å². The highest BCUT2D eigenvalue weighted by atomic mass is 35.5. The van der Waals surface area contributed by atoms with Gasteiger partial charge in [0.1, 0.15) is 11.9 Å². The van der Waals surface area contributed by atoms with Gasteiger partial charge in [0, 0.05) is 37.4 Å². The average Bonchev–Trinajstić information content (AvgIpc) is 2.63. The Morgan fingerprint density at radius 2 is 1.70 bits per heavy atom. The second-order valence-electron chi connectivity index (χ2n) is 6.28. The van der Waals surface area contributed by atoms with Crippen LogP contribution < -0.4 is 10.6 Å². The number of primary amides is 1. The summed E-state index contributed by atoms with van der Waals surface area (Å²) in [5.41, 5.74) is 5.58. The molecular weight excluding hydrogens is 381 g/mol. The van der Waals surface area contributed by atoms with E-state index < -0.39 is 23.7 Å². The first-order chi connectivity index (χ1) is 12.8. The zero-order valence-corrected chi connectivity index (χ0v) is 15.0. The van der Waals surface area contributed by atoms with Crippen molar-refractivity contribution in [1.29, 1.82) is 0 Å². The molecule has 144 valence electrons. The Balaban J connectivity index is 1.68. The first-order valence-corrected chi connectivity index (χ1v) is 8.70. The summed E-state index contributed by atoms with van der Waals surface area (Å²) in [5.74, 6) is 0.0168. The van der Waals surface area contributed by atoms with E-state index in [0.29, 0.717) is 37.0 Å². The van der Waals surface area contributed by atoms with E-state index in [9.17, 15) is 18.0 Å². The van der Waals surface area contributed by atoms with Gasteiger partial charge < -0.3 is 10.6 Å². The maximum absolute atomic E-state index is 12.7. The minimum atomic E-state index is -4.41. The highest BCUT2D eigenvalue weighted by Gasteiger charge is 2.32. The fourth-order valence-electron chi connectivity index (χ4n) is 3.15. The van der Waals surface area contributed by atoms with Crippen LogP contribution in [0.15, 0.2) is 42.6 Å². The van der Waals surface area contributed by atoms with Gasteiger partial charge in [-0.25, -0.2) is 4.98 Å². The van der Waals surface area contributed by atoms with Crippen molar-refractivity contribution in [2.75, 3.05) is 31.1 Å². The maximum Gasteiger partial charge on any atom is 0.417 e. The largest absolute Gasteiger partial charge is 0.417 e. The van der Waals surface area contributed by atoms with Gasteiger partial charge in [-0.2, -0.15) is 13.2 Å². The highest BCUT2D eigenvalue weighted by Crippen LogP contribution is 2.30. The van der Waals surface area contributed by atoms with Crippen LogP contribution in [0.25, 0.3) is 0 Å². The van der Waals surface area contributed by atoms with Gasteiger partial charge in [0.2, 0.25) is 5.91 Å². The molecule has 2 heterocycles. The second kappa shape index (κ2) is 7.74. The van der Waals surface area contributed by atoms with Crippen molar-refractivity contribution >= 4 is 23.3 Å². The number of anilines is 1. The van der Waals surface area contributed by atoms with Crippen LogP contribution in [0.2, 0.25) is 5.02 Å². The molecule has 0 aliphatic carbocycles. The Morgan fingerprint density at radius 1 is 1.07 bits per heavy atom. The highest BCUT2D eigenvalue weighted by molar-refractivity contribution is 6.30. The summed E-state index contributed by atoms with van der Waals surface area (Å²) < 4.78 is 38.0. The van der Waals surface area contributed by atoms with E-state index in [1.54, 1.807) is 24.3 Å². The average molecular weight is 399 g/mol. The number of hydrogen-bond acceptors (Lipinski definition) is 4. The lowest BCUT2D eigenvalue weighted by atomic mass is 10.0. The molecule has 0 radical (unpaired) electrons. The van der Waals surface area contributed by atoms with E-state index in [2.05, 4.69) is 4.98 Å². The number of halogens is 4. The minimum Gasteiger partial charge on any atom is -0.368 e. The third-order valence-corrected chi connectivity index (χ3v) is 4.79. The third-order valence-electron chi connectivity index (χ3n) is 4.53. The van der Waals surface area contributed by atoms with Gasteiger partial charge in [-0.1, -0.05) is 23.7 Å². The molecule has 5 nitrogen and oxygen atoms in total. The van der Waals surface area contributed by atoms with Gasteiger partial charge in [-0.3, -0.25) is 9.69 Å². The van der Waals surface area contributed by atoms with Gasteiger partial charge in [0.15, 0.2) is 0 Å². The van der Waals surface area contributed by atoms with Crippen LogP contribution in [0, 0.1) is 0 Å². The molecule has 0 unspecified atom stereocenters. The smallest absolute Gasteiger partial charge is 0.368 e. The molecule has 1 saturated heterocycles. The number of benzene rings is 1. The van der Waals surface area contributed by atoms with Crippen LogP contribution in [0.5, 0.6) is 0 Å². The maximum atomic E-state index is 12.7. The number of pyridine rings is 1. The van der Waals surface area contributed by atoms with E-state index in [-0.39, 0.29) is 0 Å². The standard InChI is InChI=1S/C18H18ClF3N4O/c19-14-4-1-12(2-5-14)16(17(23)27)26-9-7-25(8-10-26)15-6-3-13(11-24-15)18(20,21)22/h1-6,11,16H,7-10H2,(H2,23,27)/t16-/m0/s1. The SMILES string of the molecule is NC(=O)[C@H](c1ccc(Cl)cc1)N1CCN(c2ccc(C(F)(F)F)cn2)CC1. The van der Waals surface area contributed by atoms with Crippen molar-refractivity contribution in [3.8, 4) is 0 Å². The van der Waals surface area contributed by atoms with Crippen molar-refractivity contribution in [2.24, 2.45) is 5.73 Å². The Bertz CT molecular complexity index is 788. The number of aromatic nitrogens is 1. The topological polar surface area (TPSA) is 62.5 Å². The van der Waals surface area contributed by atoms with Crippen LogP contribution >= 0.6 is 11.6 Å². The number of piperazine rings is 1. The molecule has 1 atom stereocenters. The fourth-order valence-corrected chi connectivity index (χ4v) is 3.28. The molecule has 0 bridgehead atoms. The van der Waals surface area contributed by atoms with Gasteiger partial charge in [-0.05, 0) is 29.8 Å². The molecule has 1 amide bonds. The van der Waals surface area contributed by atoms with Gasteiger partial charge in [-0.15, -0.1) is 0 Å². The number of alkyl halides is 3. The molecule has 27 heavy (non-hydrogen) atoms. The molecule has 9 heteroatoms. The molecule has 0 saturated carbocycles. The number of carbonyl (C=O) groups excluding carboxylic acids is 1. The van der Waals surface area contributed by atoms with E-state index in [1.165, 1.54) is 6.07 Å². The van der Waals surface area contributed by atoms with Gasteiger partial charge >= 0.3 is 6.18 Å². The summed E-state index contributed by atoms with van der Waals surface area (Å²) in [4.78, 5) is 19.7. The molecule has 1 aromatic heterocycles. The third kappa shape index (κ3) is 4.51. The van der Waals surface area contributed by atoms with Crippen molar-refractivity contribution in [2.45, 2.75) is 12.2 Å². The molecule has 1 aromatic carbocycles. The summed E-state index contributed by atoms with van der Waals surface area (Å²) in [7, 11) is 0.